The first-order valence-electron chi connectivity index (χ1n) is 6.22. The monoisotopic (exact) mass is 283 g/mol. The number of alkyl halides is 3. The van der Waals surface area contributed by atoms with E-state index in [9.17, 15) is 13.2 Å². The number of hydrogen-bond donors (Lipinski definition) is 1. The minimum Gasteiger partial charge on any atom is -0.307 e. The fourth-order valence-electron chi connectivity index (χ4n) is 1.85. The van der Waals surface area contributed by atoms with Crippen molar-refractivity contribution in [2.24, 2.45) is 0 Å². The standard InChI is InChI=1S/C12H12F3N5/c13-12(14,15)8-2-1-3-10(6-8)20-11(17-18-19-20)7-16-9-4-5-9/h1-3,6,9,16H,4-5,7H2. The predicted octanol–water partition coefficient (Wildman–Crippen LogP) is 1.93. The van der Waals surface area contributed by atoms with Crippen molar-refractivity contribution in [2.45, 2.75) is 31.6 Å². The van der Waals surface area contributed by atoms with Crippen LogP contribution in [0.5, 0.6) is 0 Å². The van der Waals surface area contributed by atoms with E-state index in [1.54, 1.807) is 6.07 Å². The summed E-state index contributed by atoms with van der Waals surface area (Å²) in [4.78, 5) is 0. The van der Waals surface area contributed by atoms with Gasteiger partial charge in [-0.1, -0.05) is 6.07 Å². The van der Waals surface area contributed by atoms with E-state index in [1.165, 1.54) is 10.7 Å². The average Bonchev–Trinajstić information content (AvgIpc) is 3.12. The lowest BCUT2D eigenvalue weighted by Gasteiger charge is -2.09. The van der Waals surface area contributed by atoms with Gasteiger partial charge in [-0.25, -0.2) is 0 Å². The SMILES string of the molecule is FC(F)(F)c1cccc(-n2nnnc2CNC2CC2)c1. The van der Waals surface area contributed by atoms with E-state index in [0.29, 0.717) is 24.1 Å². The summed E-state index contributed by atoms with van der Waals surface area (Å²) in [6.45, 7) is 0.438. The molecule has 0 aliphatic heterocycles. The number of aromatic nitrogens is 4. The molecule has 106 valence electrons. The van der Waals surface area contributed by atoms with Gasteiger partial charge in [0.2, 0.25) is 0 Å². The quantitative estimate of drug-likeness (QED) is 0.931. The molecule has 1 fully saturated rings. The Kier molecular flexibility index (Phi) is 3.17. The highest BCUT2D eigenvalue weighted by Gasteiger charge is 2.30. The number of nitrogens with one attached hydrogen (secondary N) is 1. The highest BCUT2D eigenvalue weighted by atomic mass is 19.4. The molecule has 5 nitrogen and oxygen atoms in total. The van der Waals surface area contributed by atoms with Gasteiger partial charge in [0, 0.05) is 6.04 Å². The highest BCUT2D eigenvalue weighted by molar-refractivity contribution is 5.36. The summed E-state index contributed by atoms with van der Waals surface area (Å²) < 4.78 is 39.4. The molecule has 1 aromatic carbocycles. The number of halogens is 3. The fraction of sp³-hybridized carbons (Fsp3) is 0.417. The molecule has 8 heteroatoms. The molecule has 1 saturated carbocycles. The van der Waals surface area contributed by atoms with E-state index >= 15 is 0 Å². The van der Waals surface area contributed by atoms with Gasteiger partial charge in [-0.15, -0.1) is 5.10 Å². The van der Waals surface area contributed by atoms with Gasteiger partial charge in [0.05, 0.1) is 17.8 Å². The summed E-state index contributed by atoms with van der Waals surface area (Å²) in [5.74, 6) is 0.497. The third-order valence-corrected chi connectivity index (χ3v) is 3.08. The first-order valence-corrected chi connectivity index (χ1v) is 6.22. The topological polar surface area (TPSA) is 55.6 Å². The van der Waals surface area contributed by atoms with Gasteiger partial charge in [-0.2, -0.15) is 17.9 Å². The number of rotatable bonds is 4. The smallest absolute Gasteiger partial charge is 0.307 e. The third kappa shape index (κ3) is 2.79. The second-order valence-electron chi connectivity index (χ2n) is 4.71. The molecule has 1 aliphatic carbocycles. The molecule has 1 heterocycles. The molecular weight excluding hydrogens is 271 g/mol. The lowest BCUT2D eigenvalue weighted by molar-refractivity contribution is -0.137. The van der Waals surface area contributed by atoms with E-state index in [1.807, 2.05) is 0 Å². The van der Waals surface area contributed by atoms with Crippen LogP contribution in [0.4, 0.5) is 13.2 Å². The molecule has 1 aromatic heterocycles. The van der Waals surface area contributed by atoms with Gasteiger partial charge in [0.25, 0.3) is 0 Å². The molecule has 0 bridgehead atoms. The van der Waals surface area contributed by atoms with Gasteiger partial charge in [-0.05, 0) is 41.5 Å². The van der Waals surface area contributed by atoms with Crippen LogP contribution in [0.2, 0.25) is 0 Å². The van der Waals surface area contributed by atoms with Crippen LogP contribution < -0.4 is 5.32 Å². The number of tetrazole rings is 1. The van der Waals surface area contributed by atoms with E-state index in [-0.39, 0.29) is 0 Å². The summed E-state index contributed by atoms with van der Waals surface area (Å²) >= 11 is 0. The van der Waals surface area contributed by atoms with Crippen LogP contribution in [0, 0.1) is 0 Å². The van der Waals surface area contributed by atoms with Gasteiger partial charge >= 0.3 is 6.18 Å². The van der Waals surface area contributed by atoms with Gasteiger partial charge in [0.15, 0.2) is 5.82 Å². The maximum atomic E-state index is 12.7. The Morgan fingerprint density at radius 2 is 2.10 bits per heavy atom. The second kappa shape index (κ2) is 4.86. The Labute approximate surface area is 112 Å². The Bertz CT molecular complexity index is 603. The Hall–Kier alpha value is -1.96. The molecule has 2 aromatic rings. The molecule has 3 rings (SSSR count). The lowest BCUT2D eigenvalue weighted by Crippen LogP contribution is -2.19. The summed E-state index contributed by atoms with van der Waals surface area (Å²) in [5.41, 5.74) is -0.413. The average molecular weight is 283 g/mol. The predicted molar refractivity (Wildman–Crippen MR) is 64.0 cm³/mol. The van der Waals surface area contributed by atoms with E-state index in [4.69, 9.17) is 0 Å². The van der Waals surface area contributed by atoms with Crippen molar-refractivity contribution in [3.63, 3.8) is 0 Å². The van der Waals surface area contributed by atoms with Gasteiger partial charge < -0.3 is 5.32 Å². The van der Waals surface area contributed by atoms with E-state index in [2.05, 4.69) is 20.8 Å². The Morgan fingerprint density at radius 3 is 2.80 bits per heavy atom. The number of hydrogen-bond acceptors (Lipinski definition) is 4. The van der Waals surface area contributed by atoms with E-state index in [0.717, 1.165) is 25.0 Å². The molecule has 0 amide bonds. The molecule has 1 N–H and O–H groups in total. The first-order chi connectivity index (χ1) is 9.54. The van der Waals surface area contributed by atoms with Crippen molar-refractivity contribution >= 4 is 0 Å². The minimum atomic E-state index is -4.38. The van der Waals surface area contributed by atoms with Crippen LogP contribution >= 0.6 is 0 Å². The summed E-state index contributed by atoms with van der Waals surface area (Å²) in [7, 11) is 0. The number of nitrogens with zero attached hydrogens (tertiary/aromatic N) is 4. The van der Waals surface area contributed by atoms with Crippen LogP contribution in [-0.4, -0.2) is 26.2 Å². The normalized spacial score (nSPS) is 15.6. The molecule has 0 saturated heterocycles. The summed E-state index contributed by atoms with van der Waals surface area (Å²) in [6.07, 6.45) is -2.15. The van der Waals surface area contributed by atoms with Crippen molar-refractivity contribution < 1.29 is 13.2 Å². The van der Waals surface area contributed by atoms with Gasteiger partial charge in [-0.3, -0.25) is 0 Å². The maximum Gasteiger partial charge on any atom is 0.416 e. The zero-order chi connectivity index (χ0) is 14.2. The zero-order valence-corrected chi connectivity index (χ0v) is 10.4. The van der Waals surface area contributed by atoms with Crippen molar-refractivity contribution in [1.29, 1.82) is 0 Å². The first kappa shape index (κ1) is 13.0. The van der Waals surface area contributed by atoms with Crippen molar-refractivity contribution in [1.82, 2.24) is 25.5 Å². The fourth-order valence-corrected chi connectivity index (χ4v) is 1.85. The van der Waals surface area contributed by atoms with Crippen LogP contribution in [0.15, 0.2) is 24.3 Å². The van der Waals surface area contributed by atoms with Crippen LogP contribution in [0.3, 0.4) is 0 Å². The van der Waals surface area contributed by atoms with Gasteiger partial charge in [0.1, 0.15) is 0 Å². The molecule has 0 spiro atoms. The zero-order valence-electron chi connectivity index (χ0n) is 10.4. The Balaban J connectivity index is 1.86. The van der Waals surface area contributed by atoms with Crippen molar-refractivity contribution in [3.05, 3.63) is 35.7 Å². The third-order valence-electron chi connectivity index (χ3n) is 3.08. The second-order valence-corrected chi connectivity index (χ2v) is 4.71. The Morgan fingerprint density at radius 1 is 1.30 bits per heavy atom. The molecule has 0 atom stereocenters. The number of benzene rings is 1. The lowest BCUT2D eigenvalue weighted by atomic mass is 10.2. The molecule has 0 unspecified atom stereocenters. The summed E-state index contributed by atoms with van der Waals surface area (Å²) in [5, 5.41) is 14.4. The van der Waals surface area contributed by atoms with Crippen molar-refractivity contribution in [3.8, 4) is 5.69 Å². The maximum absolute atomic E-state index is 12.7. The van der Waals surface area contributed by atoms with Crippen LogP contribution in [-0.2, 0) is 12.7 Å². The van der Waals surface area contributed by atoms with E-state index < -0.39 is 11.7 Å². The molecular formula is C12H12F3N5. The molecule has 1 aliphatic rings. The van der Waals surface area contributed by atoms with Crippen LogP contribution in [0.1, 0.15) is 24.2 Å². The highest BCUT2D eigenvalue weighted by Crippen LogP contribution is 2.30. The summed E-state index contributed by atoms with van der Waals surface area (Å²) in [6, 6.07) is 5.43. The van der Waals surface area contributed by atoms with Crippen molar-refractivity contribution in [2.75, 3.05) is 0 Å². The minimum absolute atomic E-state index is 0.303. The molecule has 0 radical (unpaired) electrons. The molecule has 20 heavy (non-hydrogen) atoms. The van der Waals surface area contributed by atoms with Crippen LogP contribution in [0.25, 0.3) is 5.69 Å². The largest absolute Gasteiger partial charge is 0.416 e.